The standard InChI is InChI=1S/C12H18BrClN2O/c1-8(7-17-2)12(6-15)16-9-3-4-10(13)11(14)5-9/h3-5,8,12,16H,6-7,15H2,1-2H3. The lowest BCUT2D eigenvalue weighted by Gasteiger charge is -2.24. The first-order valence-electron chi connectivity index (χ1n) is 5.49. The lowest BCUT2D eigenvalue weighted by molar-refractivity contribution is 0.151. The molecule has 0 aromatic heterocycles. The fraction of sp³-hybridized carbons (Fsp3) is 0.500. The summed E-state index contributed by atoms with van der Waals surface area (Å²) in [6, 6.07) is 5.94. The Morgan fingerprint density at radius 2 is 2.24 bits per heavy atom. The van der Waals surface area contributed by atoms with Gasteiger partial charge < -0.3 is 15.8 Å². The Bertz CT molecular complexity index is 362. The minimum atomic E-state index is 0.173. The quantitative estimate of drug-likeness (QED) is 0.846. The molecule has 3 N–H and O–H groups in total. The number of anilines is 1. The Hall–Kier alpha value is -0.290. The second-order valence-corrected chi connectivity index (χ2v) is 5.31. The molecule has 0 fully saturated rings. The first kappa shape index (κ1) is 14.8. The van der Waals surface area contributed by atoms with Gasteiger partial charge in [-0.2, -0.15) is 0 Å². The van der Waals surface area contributed by atoms with Gasteiger partial charge >= 0.3 is 0 Å². The van der Waals surface area contributed by atoms with E-state index in [1.807, 2.05) is 18.2 Å². The lowest BCUT2D eigenvalue weighted by atomic mass is 10.0. The topological polar surface area (TPSA) is 47.3 Å². The third kappa shape index (κ3) is 4.47. The van der Waals surface area contributed by atoms with Crippen LogP contribution in [0.25, 0.3) is 0 Å². The fourth-order valence-electron chi connectivity index (χ4n) is 1.61. The number of ether oxygens (including phenoxy) is 1. The van der Waals surface area contributed by atoms with Crippen LogP contribution in [0.1, 0.15) is 6.92 Å². The number of nitrogens with one attached hydrogen (secondary N) is 1. The number of hydrogen-bond acceptors (Lipinski definition) is 3. The maximum atomic E-state index is 6.04. The number of benzene rings is 1. The molecule has 0 aliphatic carbocycles. The molecule has 17 heavy (non-hydrogen) atoms. The van der Waals surface area contributed by atoms with Gasteiger partial charge in [-0.25, -0.2) is 0 Å². The largest absolute Gasteiger partial charge is 0.384 e. The lowest BCUT2D eigenvalue weighted by Crippen LogP contribution is -2.37. The molecule has 0 amide bonds. The maximum absolute atomic E-state index is 6.04. The van der Waals surface area contributed by atoms with Crippen molar-refractivity contribution in [2.75, 3.05) is 25.6 Å². The second kappa shape index (κ2) is 7.21. The van der Waals surface area contributed by atoms with Crippen LogP contribution in [-0.2, 0) is 4.74 Å². The van der Waals surface area contributed by atoms with Crippen LogP contribution < -0.4 is 11.1 Å². The molecule has 1 aromatic rings. The van der Waals surface area contributed by atoms with Gasteiger partial charge in [-0.15, -0.1) is 0 Å². The predicted molar refractivity (Wildman–Crippen MR) is 76.7 cm³/mol. The second-order valence-electron chi connectivity index (χ2n) is 4.05. The summed E-state index contributed by atoms with van der Waals surface area (Å²) >= 11 is 9.40. The van der Waals surface area contributed by atoms with E-state index in [1.165, 1.54) is 0 Å². The number of rotatable bonds is 6. The van der Waals surface area contributed by atoms with E-state index >= 15 is 0 Å². The van der Waals surface area contributed by atoms with E-state index in [9.17, 15) is 0 Å². The van der Waals surface area contributed by atoms with Gasteiger partial charge in [0.15, 0.2) is 0 Å². The van der Waals surface area contributed by atoms with Crippen LogP contribution in [-0.4, -0.2) is 26.3 Å². The van der Waals surface area contributed by atoms with E-state index in [-0.39, 0.29) is 6.04 Å². The SMILES string of the molecule is COCC(C)C(CN)Nc1ccc(Br)c(Cl)c1. The van der Waals surface area contributed by atoms with Gasteiger partial charge in [0.2, 0.25) is 0 Å². The highest BCUT2D eigenvalue weighted by Crippen LogP contribution is 2.26. The molecule has 1 rings (SSSR count). The average molecular weight is 322 g/mol. The molecule has 0 aliphatic heterocycles. The molecular weight excluding hydrogens is 304 g/mol. The highest BCUT2D eigenvalue weighted by Gasteiger charge is 2.15. The maximum Gasteiger partial charge on any atom is 0.0568 e. The summed E-state index contributed by atoms with van der Waals surface area (Å²) in [5.74, 6) is 0.340. The molecule has 0 aliphatic rings. The Morgan fingerprint density at radius 3 is 2.76 bits per heavy atom. The average Bonchev–Trinajstić information content (AvgIpc) is 2.30. The summed E-state index contributed by atoms with van der Waals surface area (Å²) in [5.41, 5.74) is 6.73. The summed E-state index contributed by atoms with van der Waals surface area (Å²) in [6.07, 6.45) is 0. The molecule has 0 radical (unpaired) electrons. The molecule has 96 valence electrons. The summed E-state index contributed by atoms with van der Waals surface area (Å²) in [7, 11) is 1.70. The van der Waals surface area contributed by atoms with Gasteiger partial charge in [-0.1, -0.05) is 18.5 Å². The third-order valence-corrected chi connectivity index (χ3v) is 3.87. The third-order valence-electron chi connectivity index (χ3n) is 2.64. The molecule has 0 heterocycles. The number of halogens is 2. The van der Waals surface area contributed by atoms with Gasteiger partial charge in [0.05, 0.1) is 11.6 Å². The molecule has 2 atom stereocenters. The molecular formula is C12H18BrClN2O. The molecule has 0 saturated carbocycles. The van der Waals surface area contributed by atoms with E-state index in [1.54, 1.807) is 7.11 Å². The van der Waals surface area contributed by atoms with Crippen molar-refractivity contribution in [3.8, 4) is 0 Å². The van der Waals surface area contributed by atoms with Crippen molar-refractivity contribution in [3.63, 3.8) is 0 Å². The van der Waals surface area contributed by atoms with E-state index < -0.39 is 0 Å². The molecule has 3 nitrogen and oxygen atoms in total. The highest BCUT2D eigenvalue weighted by atomic mass is 79.9. The Kier molecular flexibility index (Phi) is 6.27. The minimum Gasteiger partial charge on any atom is -0.384 e. The van der Waals surface area contributed by atoms with Crippen LogP contribution in [0.4, 0.5) is 5.69 Å². The first-order chi connectivity index (χ1) is 8.08. The van der Waals surface area contributed by atoms with Crippen molar-refractivity contribution in [3.05, 3.63) is 27.7 Å². The number of hydrogen-bond donors (Lipinski definition) is 2. The Morgan fingerprint density at radius 1 is 1.53 bits per heavy atom. The summed E-state index contributed by atoms with van der Waals surface area (Å²) < 4.78 is 6.03. The van der Waals surface area contributed by atoms with E-state index in [0.29, 0.717) is 24.1 Å². The summed E-state index contributed by atoms with van der Waals surface area (Å²) in [5, 5.41) is 4.06. The van der Waals surface area contributed by atoms with E-state index in [0.717, 1.165) is 10.2 Å². The van der Waals surface area contributed by atoms with Crippen molar-refractivity contribution in [1.82, 2.24) is 0 Å². The number of methoxy groups -OCH3 is 1. The zero-order valence-electron chi connectivity index (χ0n) is 10.0. The van der Waals surface area contributed by atoms with Crippen LogP contribution in [0.2, 0.25) is 5.02 Å². The molecule has 2 unspecified atom stereocenters. The number of nitrogens with two attached hydrogens (primary N) is 1. The van der Waals surface area contributed by atoms with Crippen molar-refractivity contribution in [1.29, 1.82) is 0 Å². The zero-order chi connectivity index (χ0) is 12.8. The van der Waals surface area contributed by atoms with Gasteiger partial charge in [-0.3, -0.25) is 0 Å². The van der Waals surface area contributed by atoms with E-state index in [4.69, 9.17) is 22.1 Å². The smallest absolute Gasteiger partial charge is 0.0568 e. The molecule has 5 heteroatoms. The van der Waals surface area contributed by atoms with Crippen LogP contribution in [0, 0.1) is 5.92 Å². The fourth-order valence-corrected chi connectivity index (χ4v) is 2.04. The van der Waals surface area contributed by atoms with Gasteiger partial charge in [0.1, 0.15) is 0 Å². The van der Waals surface area contributed by atoms with Crippen LogP contribution in [0.5, 0.6) is 0 Å². The highest BCUT2D eigenvalue weighted by molar-refractivity contribution is 9.10. The monoisotopic (exact) mass is 320 g/mol. The van der Waals surface area contributed by atoms with Gasteiger partial charge in [-0.05, 0) is 34.1 Å². The Balaban J connectivity index is 2.70. The first-order valence-corrected chi connectivity index (χ1v) is 6.66. The molecule has 1 aromatic carbocycles. The normalized spacial score (nSPS) is 14.4. The molecule has 0 bridgehead atoms. The van der Waals surface area contributed by atoms with Crippen LogP contribution >= 0.6 is 27.5 Å². The van der Waals surface area contributed by atoms with Crippen molar-refractivity contribution in [2.24, 2.45) is 11.7 Å². The van der Waals surface area contributed by atoms with Gasteiger partial charge in [0, 0.05) is 35.8 Å². The van der Waals surface area contributed by atoms with Crippen LogP contribution in [0.3, 0.4) is 0 Å². The van der Waals surface area contributed by atoms with Crippen molar-refractivity contribution < 1.29 is 4.74 Å². The van der Waals surface area contributed by atoms with Crippen molar-refractivity contribution >= 4 is 33.2 Å². The minimum absolute atomic E-state index is 0.173. The predicted octanol–water partition coefficient (Wildman–Crippen LogP) is 3.12. The van der Waals surface area contributed by atoms with Crippen LogP contribution in [0.15, 0.2) is 22.7 Å². The van der Waals surface area contributed by atoms with E-state index in [2.05, 4.69) is 28.2 Å². The molecule has 0 spiro atoms. The Labute approximate surface area is 116 Å². The summed E-state index contributed by atoms with van der Waals surface area (Å²) in [6.45, 7) is 3.34. The molecule has 0 saturated heterocycles. The van der Waals surface area contributed by atoms with Gasteiger partial charge in [0.25, 0.3) is 0 Å². The summed E-state index contributed by atoms with van der Waals surface area (Å²) in [4.78, 5) is 0. The van der Waals surface area contributed by atoms with Crippen molar-refractivity contribution in [2.45, 2.75) is 13.0 Å². The zero-order valence-corrected chi connectivity index (χ0v) is 12.4.